The molecule has 1 N–H and O–H groups in total. The van der Waals surface area contributed by atoms with Gasteiger partial charge in [-0.1, -0.05) is 37.6 Å². The number of nitrogens with zero attached hydrogens (tertiary/aromatic N) is 3. The zero-order valence-corrected chi connectivity index (χ0v) is 24.1. The number of esters is 1. The van der Waals surface area contributed by atoms with Crippen LogP contribution < -0.4 is 5.32 Å². The first kappa shape index (κ1) is 28.6. The van der Waals surface area contributed by atoms with Crippen molar-refractivity contribution in [2.45, 2.75) is 72.9 Å². The molecule has 9 nitrogen and oxygen atoms in total. The van der Waals surface area contributed by atoms with E-state index in [1.54, 1.807) is 21.6 Å². The van der Waals surface area contributed by atoms with Gasteiger partial charge in [0.25, 0.3) is 5.91 Å². The standard InChI is InChI=1S/C30H42N4O5/c1-7-33-24-17-34(28(36)25(24)26(31-30(33)38)22-12-11-19(5)15-20(22)6)23(14-18(3)4)27(35)32-13-9-10-21(16-32)29(37)39-8-2/h11-12,15,18,21,23,26H,7-10,13-14,16-17H2,1-6H3,(H,31,38). The van der Waals surface area contributed by atoms with Crippen molar-refractivity contribution < 1.29 is 23.9 Å². The molecule has 39 heavy (non-hydrogen) atoms. The highest BCUT2D eigenvalue weighted by Gasteiger charge is 2.48. The summed E-state index contributed by atoms with van der Waals surface area (Å²) in [4.78, 5) is 58.8. The zero-order chi connectivity index (χ0) is 28.4. The van der Waals surface area contributed by atoms with E-state index < -0.39 is 12.1 Å². The molecule has 3 aliphatic rings. The topological polar surface area (TPSA) is 99.3 Å². The van der Waals surface area contributed by atoms with Crippen LogP contribution in [-0.2, 0) is 19.1 Å². The van der Waals surface area contributed by atoms with Crippen molar-refractivity contribution in [2.24, 2.45) is 11.8 Å². The molecule has 0 aromatic heterocycles. The average Bonchev–Trinajstić information content (AvgIpc) is 3.23. The van der Waals surface area contributed by atoms with Crippen molar-refractivity contribution in [3.8, 4) is 0 Å². The van der Waals surface area contributed by atoms with Crippen molar-refractivity contribution in [3.63, 3.8) is 0 Å². The smallest absolute Gasteiger partial charge is 0.322 e. The molecule has 212 valence electrons. The summed E-state index contributed by atoms with van der Waals surface area (Å²) in [5.41, 5.74) is 4.19. The molecule has 1 saturated heterocycles. The molecule has 0 spiro atoms. The number of carbonyl (C=O) groups excluding carboxylic acids is 4. The molecule has 3 atom stereocenters. The van der Waals surface area contributed by atoms with E-state index >= 15 is 0 Å². The van der Waals surface area contributed by atoms with Gasteiger partial charge in [-0.05, 0) is 64.0 Å². The molecule has 0 bridgehead atoms. The van der Waals surface area contributed by atoms with E-state index in [-0.39, 0.29) is 42.2 Å². The van der Waals surface area contributed by atoms with Gasteiger partial charge in [0.1, 0.15) is 6.04 Å². The van der Waals surface area contributed by atoms with Crippen molar-refractivity contribution in [2.75, 3.05) is 32.8 Å². The van der Waals surface area contributed by atoms with Crippen LogP contribution in [0.2, 0.25) is 0 Å². The summed E-state index contributed by atoms with van der Waals surface area (Å²) in [5.74, 6) is -0.826. The maximum Gasteiger partial charge on any atom is 0.322 e. The van der Waals surface area contributed by atoms with E-state index in [2.05, 4.69) is 5.32 Å². The Hall–Kier alpha value is -3.36. The number of rotatable bonds is 8. The summed E-state index contributed by atoms with van der Waals surface area (Å²) in [5, 5.41) is 3.05. The molecular weight excluding hydrogens is 496 g/mol. The summed E-state index contributed by atoms with van der Waals surface area (Å²) in [7, 11) is 0. The predicted molar refractivity (Wildman–Crippen MR) is 147 cm³/mol. The lowest BCUT2D eigenvalue weighted by Gasteiger charge is -2.37. The van der Waals surface area contributed by atoms with Gasteiger partial charge in [0.2, 0.25) is 5.91 Å². The first-order chi connectivity index (χ1) is 18.6. The molecule has 1 aromatic rings. The Morgan fingerprint density at radius 2 is 1.90 bits per heavy atom. The fourth-order valence-electron chi connectivity index (χ4n) is 6.13. The lowest BCUT2D eigenvalue weighted by atomic mass is 9.91. The van der Waals surface area contributed by atoms with Gasteiger partial charge in [0.05, 0.1) is 36.4 Å². The second-order valence-corrected chi connectivity index (χ2v) is 11.3. The Labute approximate surface area is 231 Å². The van der Waals surface area contributed by atoms with Crippen LogP contribution in [0.3, 0.4) is 0 Å². The van der Waals surface area contributed by atoms with Crippen molar-refractivity contribution in [1.29, 1.82) is 0 Å². The Morgan fingerprint density at radius 3 is 2.54 bits per heavy atom. The quantitative estimate of drug-likeness (QED) is 0.509. The van der Waals surface area contributed by atoms with E-state index in [9.17, 15) is 19.2 Å². The number of hydrogen-bond donors (Lipinski definition) is 1. The number of likely N-dealkylation sites (N-methyl/N-ethyl adjacent to an activating group) is 1. The molecule has 1 fully saturated rings. The number of piperidine rings is 1. The van der Waals surface area contributed by atoms with Crippen LogP contribution >= 0.6 is 0 Å². The number of carbonyl (C=O) groups is 4. The van der Waals surface area contributed by atoms with E-state index in [0.717, 1.165) is 16.7 Å². The fourth-order valence-corrected chi connectivity index (χ4v) is 6.13. The number of nitrogens with one attached hydrogen (secondary N) is 1. The monoisotopic (exact) mass is 538 g/mol. The number of benzene rings is 1. The van der Waals surface area contributed by atoms with Crippen LogP contribution in [0, 0.1) is 25.7 Å². The van der Waals surface area contributed by atoms with Crippen molar-refractivity contribution in [1.82, 2.24) is 20.0 Å². The summed E-state index contributed by atoms with van der Waals surface area (Å²) in [6.07, 6.45) is 1.89. The minimum absolute atomic E-state index is 0.142. The van der Waals surface area contributed by atoms with Gasteiger partial charge < -0.3 is 19.9 Å². The molecule has 3 unspecified atom stereocenters. The van der Waals surface area contributed by atoms with Crippen LogP contribution in [0.15, 0.2) is 29.5 Å². The third kappa shape index (κ3) is 5.68. The second kappa shape index (κ2) is 11.8. The minimum Gasteiger partial charge on any atom is -0.466 e. The number of urea groups is 1. The first-order valence-electron chi connectivity index (χ1n) is 14.2. The summed E-state index contributed by atoms with van der Waals surface area (Å²) in [6, 6.07) is 4.50. The molecule has 1 aromatic carbocycles. The van der Waals surface area contributed by atoms with Gasteiger partial charge in [-0.25, -0.2) is 4.79 Å². The molecule has 4 rings (SSSR count). The van der Waals surface area contributed by atoms with Crippen molar-refractivity contribution in [3.05, 3.63) is 46.2 Å². The molecule has 4 amide bonds. The molecule has 0 radical (unpaired) electrons. The SMILES string of the molecule is CCOC(=O)C1CCCN(C(=O)C(CC(C)C)N2CC3=C(C2=O)C(c2ccc(C)cc2C)NC(=O)N3CC)C1. The third-order valence-electron chi connectivity index (χ3n) is 8.01. The van der Waals surface area contributed by atoms with Gasteiger partial charge in [0, 0.05) is 19.6 Å². The van der Waals surface area contributed by atoms with Gasteiger partial charge in [-0.2, -0.15) is 0 Å². The highest BCUT2D eigenvalue weighted by molar-refractivity contribution is 6.03. The first-order valence-corrected chi connectivity index (χ1v) is 14.2. The Morgan fingerprint density at radius 1 is 1.15 bits per heavy atom. The maximum atomic E-state index is 14.2. The van der Waals surface area contributed by atoms with E-state index in [0.29, 0.717) is 56.8 Å². The summed E-state index contributed by atoms with van der Waals surface area (Å²) in [6.45, 7) is 13.5. The van der Waals surface area contributed by atoms with Gasteiger partial charge in [-0.15, -0.1) is 0 Å². The number of amides is 4. The number of hydrogen-bond acceptors (Lipinski definition) is 5. The highest BCUT2D eigenvalue weighted by atomic mass is 16.5. The molecule has 9 heteroatoms. The van der Waals surface area contributed by atoms with E-state index in [4.69, 9.17) is 4.74 Å². The average molecular weight is 539 g/mol. The Balaban J connectivity index is 1.66. The lowest BCUT2D eigenvalue weighted by molar-refractivity contribution is -0.153. The maximum absolute atomic E-state index is 14.2. The van der Waals surface area contributed by atoms with Crippen LogP contribution in [0.5, 0.6) is 0 Å². The van der Waals surface area contributed by atoms with Crippen LogP contribution in [-0.4, -0.2) is 77.3 Å². The highest BCUT2D eigenvalue weighted by Crippen LogP contribution is 2.39. The third-order valence-corrected chi connectivity index (χ3v) is 8.01. The minimum atomic E-state index is -0.683. The van der Waals surface area contributed by atoms with E-state index in [1.165, 1.54) is 0 Å². The zero-order valence-electron chi connectivity index (χ0n) is 24.1. The normalized spacial score (nSPS) is 22.3. The molecule has 3 heterocycles. The van der Waals surface area contributed by atoms with Gasteiger partial charge in [-0.3, -0.25) is 19.3 Å². The number of aryl methyl sites for hydroxylation is 2. The van der Waals surface area contributed by atoms with Crippen LogP contribution in [0.1, 0.15) is 69.7 Å². The van der Waals surface area contributed by atoms with Crippen LogP contribution in [0.4, 0.5) is 4.79 Å². The summed E-state index contributed by atoms with van der Waals surface area (Å²) >= 11 is 0. The Bertz CT molecular complexity index is 1180. The van der Waals surface area contributed by atoms with Gasteiger partial charge in [0.15, 0.2) is 0 Å². The molecule has 3 aliphatic heterocycles. The predicted octanol–water partition coefficient (Wildman–Crippen LogP) is 3.70. The largest absolute Gasteiger partial charge is 0.466 e. The number of likely N-dealkylation sites (tertiary alicyclic amines) is 1. The summed E-state index contributed by atoms with van der Waals surface area (Å²) < 4.78 is 5.23. The second-order valence-electron chi connectivity index (χ2n) is 11.3. The van der Waals surface area contributed by atoms with Crippen molar-refractivity contribution >= 4 is 23.8 Å². The number of ether oxygens (including phenoxy) is 1. The molecule has 0 saturated carbocycles. The molecular formula is C30H42N4O5. The van der Waals surface area contributed by atoms with Gasteiger partial charge >= 0.3 is 12.0 Å². The Kier molecular flexibility index (Phi) is 8.67. The fraction of sp³-hybridized carbons (Fsp3) is 0.600. The van der Waals surface area contributed by atoms with Crippen LogP contribution in [0.25, 0.3) is 0 Å². The molecule has 0 aliphatic carbocycles. The lowest BCUT2D eigenvalue weighted by Crippen LogP contribution is -2.53. The van der Waals surface area contributed by atoms with E-state index in [1.807, 2.05) is 52.8 Å².